The molecule has 0 fully saturated rings. The van der Waals surface area contributed by atoms with E-state index in [1.165, 1.54) is 23.5 Å². The maximum atomic E-state index is 11.8. The first-order chi connectivity index (χ1) is 6.54. The highest BCUT2D eigenvalue weighted by molar-refractivity contribution is 7.16. The number of rotatable bonds is 1. The maximum Gasteiger partial charge on any atom is 0.573 e. The van der Waals surface area contributed by atoms with Crippen LogP contribution in [0.4, 0.5) is 13.2 Å². The number of thiophene rings is 1. The molecule has 5 heteroatoms. The Morgan fingerprint density at radius 2 is 2.07 bits per heavy atom. The Morgan fingerprint density at radius 3 is 2.79 bits per heavy atom. The van der Waals surface area contributed by atoms with Crippen LogP contribution in [0.3, 0.4) is 0 Å². The van der Waals surface area contributed by atoms with Crippen LogP contribution < -0.4 is 4.74 Å². The Labute approximate surface area is 81.7 Å². The van der Waals surface area contributed by atoms with Gasteiger partial charge in [0.05, 0.1) is 0 Å². The molecular formula is C9H4F3OS. The van der Waals surface area contributed by atoms with Gasteiger partial charge in [-0.3, -0.25) is 0 Å². The molecule has 0 aliphatic carbocycles. The van der Waals surface area contributed by atoms with E-state index in [2.05, 4.69) is 10.1 Å². The first kappa shape index (κ1) is 9.33. The molecule has 2 rings (SSSR count). The fourth-order valence-electron chi connectivity index (χ4n) is 1.08. The zero-order chi connectivity index (χ0) is 10.2. The van der Waals surface area contributed by atoms with Crippen molar-refractivity contribution in [3.63, 3.8) is 0 Å². The molecule has 0 aliphatic rings. The van der Waals surface area contributed by atoms with Gasteiger partial charge >= 0.3 is 6.36 Å². The van der Waals surface area contributed by atoms with Crippen molar-refractivity contribution in [1.29, 1.82) is 0 Å². The highest BCUT2D eigenvalue weighted by atomic mass is 32.1. The van der Waals surface area contributed by atoms with E-state index in [-0.39, 0.29) is 5.75 Å². The van der Waals surface area contributed by atoms with Gasteiger partial charge in [0.2, 0.25) is 0 Å². The Bertz CT molecular complexity index is 446. The van der Waals surface area contributed by atoms with Gasteiger partial charge in [0.1, 0.15) is 5.75 Å². The van der Waals surface area contributed by atoms with Gasteiger partial charge in [-0.2, -0.15) is 0 Å². The smallest absolute Gasteiger partial charge is 0.406 e. The first-order valence-electron chi connectivity index (χ1n) is 3.70. The molecule has 1 aromatic heterocycles. The second kappa shape index (κ2) is 3.16. The summed E-state index contributed by atoms with van der Waals surface area (Å²) in [6.45, 7) is 0. The van der Waals surface area contributed by atoms with Gasteiger partial charge in [0.25, 0.3) is 0 Å². The van der Waals surface area contributed by atoms with E-state index >= 15 is 0 Å². The van der Waals surface area contributed by atoms with E-state index in [4.69, 9.17) is 0 Å². The average Bonchev–Trinajstić information content (AvgIpc) is 2.47. The van der Waals surface area contributed by atoms with Crippen LogP contribution in [0.1, 0.15) is 0 Å². The lowest BCUT2D eigenvalue weighted by molar-refractivity contribution is -0.274. The molecule has 0 aliphatic heterocycles. The molecule has 1 nitrogen and oxygen atoms in total. The fourth-order valence-corrected chi connectivity index (χ4v) is 1.81. The van der Waals surface area contributed by atoms with Crippen molar-refractivity contribution in [3.05, 3.63) is 29.6 Å². The van der Waals surface area contributed by atoms with Crippen molar-refractivity contribution < 1.29 is 17.9 Å². The third kappa shape index (κ3) is 1.98. The number of alkyl halides is 3. The molecule has 1 heterocycles. The number of ether oxygens (including phenoxy) is 1. The monoisotopic (exact) mass is 217 g/mol. The van der Waals surface area contributed by atoms with Crippen LogP contribution in [0.5, 0.6) is 5.75 Å². The number of halogens is 3. The average molecular weight is 217 g/mol. The van der Waals surface area contributed by atoms with E-state index in [1.807, 2.05) is 0 Å². The predicted octanol–water partition coefficient (Wildman–Crippen LogP) is 3.60. The summed E-state index contributed by atoms with van der Waals surface area (Å²) in [7, 11) is 0. The summed E-state index contributed by atoms with van der Waals surface area (Å²) >= 11 is 1.26. The number of benzene rings is 1. The largest absolute Gasteiger partial charge is 0.573 e. The second-order valence-electron chi connectivity index (χ2n) is 2.61. The van der Waals surface area contributed by atoms with Crippen LogP contribution in [-0.2, 0) is 0 Å². The summed E-state index contributed by atoms with van der Waals surface area (Å²) in [6.07, 6.45) is -4.63. The van der Waals surface area contributed by atoms with Crippen LogP contribution in [-0.4, -0.2) is 6.36 Å². The van der Waals surface area contributed by atoms with E-state index in [0.717, 1.165) is 10.1 Å². The van der Waals surface area contributed by atoms with Gasteiger partial charge in [0, 0.05) is 10.1 Å². The molecule has 0 N–H and O–H groups in total. The molecule has 2 aromatic rings. The van der Waals surface area contributed by atoms with Crippen LogP contribution in [0.2, 0.25) is 0 Å². The number of hydrogen-bond acceptors (Lipinski definition) is 2. The Balaban J connectivity index is 2.35. The molecule has 0 atom stereocenters. The molecule has 1 aromatic carbocycles. The minimum atomic E-state index is -4.63. The molecule has 0 saturated heterocycles. The van der Waals surface area contributed by atoms with Crippen LogP contribution in [0.25, 0.3) is 10.1 Å². The number of fused-ring (bicyclic) bond motifs is 1. The van der Waals surface area contributed by atoms with Crippen molar-refractivity contribution in [2.75, 3.05) is 0 Å². The van der Waals surface area contributed by atoms with Gasteiger partial charge in [-0.15, -0.1) is 24.5 Å². The summed E-state index contributed by atoms with van der Waals surface area (Å²) < 4.78 is 40.0. The van der Waals surface area contributed by atoms with Crippen LogP contribution >= 0.6 is 11.3 Å². The van der Waals surface area contributed by atoms with Crippen molar-refractivity contribution in [2.45, 2.75) is 6.36 Å². The Hall–Kier alpha value is -1.23. The topological polar surface area (TPSA) is 9.23 Å². The highest BCUT2D eigenvalue weighted by Crippen LogP contribution is 2.28. The quantitative estimate of drug-likeness (QED) is 0.709. The minimum Gasteiger partial charge on any atom is -0.406 e. The molecule has 0 bridgehead atoms. The Kier molecular flexibility index (Phi) is 2.11. The third-order valence-electron chi connectivity index (χ3n) is 1.60. The van der Waals surface area contributed by atoms with E-state index < -0.39 is 6.36 Å². The fraction of sp³-hybridized carbons (Fsp3) is 0.111. The zero-order valence-electron chi connectivity index (χ0n) is 6.76. The molecule has 0 spiro atoms. The standard InChI is InChI=1S/C9H4F3OS/c10-9(11,12)13-7-2-1-6-3-4-14-8(6)5-7/h1-3,5H. The third-order valence-corrected chi connectivity index (χ3v) is 2.41. The second-order valence-corrected chi connectivity index (χ2v) is 3.49. The predicted molar refractivity (Wildman–Crippen MR) is 47.3 cm³/mol. The lowest BCUT2D eigenvalue weighted by Crippen LogP contribution is -2.16. The first-order valence-corrected chi connectivity index (χ1v) is 4.52. The highest BCUT2D eigenvalue weighted by Gasteiger charge is 2.31. The van der Waals surface area contributed by atoms with Gasteiger partial charge in [-0.1, -0.05) is 0 Å². The maximum absolute atomic E-state index is 11.8. The normalized spacial score (nSPS) is 11.9. The summed E-state index contributed by atoms with van der Waals surface area (Å²) in [5, 5.41) is 3.70. The van der Waals surface area contributed by atoms with Crippen LogP contribution in [0.15, 0.2) is 24.3 Å². The molecule has 0 amide bonds. The van der Waals surface area contributed by atoms with Crippen molar-refractivity contribution in [3.8, 4) is 5.75 Å². The van der Waals surface area contributed by atoms with Gasteiger partial charge in [-0.05, 0) is 29.7 Å². The summed E-state index contributed by atoms with van der Waals surface area (Å²) in [5.41, 5.74) is 0. The van der Waals surface area contributed by atoms with Gasteiger partial charge in [0.15, 0.2) is 0 Å². The SMILES string of the molecule is FC(F)(F)Oc1ccc2c[c]sc2c1. The van der Waals surface area contributed by atoms with E-state index in [0.29, 0.717) is 0 Å². The summed E-state index contributed by atoms with van der Waals surface area (Å²) in [4.78, 5) is 0. The molecule has 73 valence electrons. The van der Waals surface area contributed by atoms with Crippen molar-refractivity contribution in [2.24, 2.45) is 0 Å². The van der Waals surface area contributed by atoms with E-state index in [9.17, 15) is 13.2 Å². The summed E-state index contributed by atoms with van der Waals surface area (Å²) in [5.74, 6) is -0.194. The van der Waals surface area contributed by atoms with Gasteiger partial charge < -0.3 is 4.74 Å². The van der Waals surface area contributed by atoms with Crippen LogP contribution in [0, 0.1) is 5.38 Å². The molecule has 0 saturated carbocycles. The molecule has 1 radical (unpaired) electrons. The molecule has 14 heavy (non-hydrogen) atoms. The van der Waals surface area contributed by atoms with E-state index in [1.54, 1.807) is 12.1 Å². The van der Waals surface area contributed by atoms with Gasteiger partial charge in [-0.25, -0.2) is 0 Å². The zero-order valence-corrected chi connectivity index (χ0v) is 7.58. The minimum absolute atomic E-state index is 0.194. The summed E-state index contributed by atoms with van der Waals surface area (Å²) in [6, 6.07) is 5.93. The number of hydrogen-bond donors (Lipinski definition) is 0. The van der Waals surface area contributed by atoms with Crippen molar-refractivity contribution in [1.82, 2.24) is 0 Å². The molecular weight excluding hydrogens is 213 g/mol. The lowest BCUT2D eigenvalue weighted by atomic mass is 10.2. The lowest BCUT2D eigenvalue weighted by Gasteiger charge is -2.08. The Morgan fingerprint density at radius 1 is 1.29 bits per heavy atom. The van der Waals surface area contributed by atoms with Crippen molar-refractivity contribution >= 4 is 21.4 Å². The molecule has 0 unspecified atom stereocenters.